The first-order valence-corrected chi connectivity index (χ1v) is 7.04. The highest BCUT2D eigenvalue weighted by atomic mass is 32.1. The molecule has 0 saturated carbocycles. The van der Waals surface area contributed by atoms with Crippen LogP contribution in [0.3, 0.4) is 0 Å². The lowest BCUT2D eigenvalue weighted by Crippen LogP contribution is -2.12. The van der Waals surface area contributed by atoms with Crippen LogP contribution in [0.5, 0.6) is 0 Å². The van der Waals surface area contributed by atoms with Crippen LogP contribution in [0.15, 0.2) is 17.1 Å². The Morgan fingerprint density at radius 1 is 1.31 bits per heavy atom. The molecule has 2 aromatic rings. The van der Waals surface area contributed by atoms with Crippen LogP contribution < -0.4 is 5.32 Å². The first kappa shape index (κ1) is 11.7. The van der Waals surface area contributed by atoms with E-state index in [1.54, 1.807) is 22.7 Å². The fourth-order valence-electron chi connectivity index (χ4n) is 1.30. The maximum Gasteiger partial charge on any atom is 0.107 e. The molecule has 2 aromatic heterocycles. The van der Waals surface area contributed by atoms with Gasteiger partial charge in [0.25, 0.3) is 0 Å². The van der Waals surface area contributed by atoms with Crippen LogP contribution in [0.25, 0.3) is 0 Å². The quantitative estimate of drug-likeness (QED) is 0.890. The summed E-state index contributed by atoms with van der Waals surface area (Å²) in [6.45, 7) is 6.04. The largest absolute Gasteiger partial charge is 0.305 e. The molecule has 0 spiro atoms. The summed E-state index contributed by atoms with van der Waals surface area (Å²) >= 11 is 3.42. The maximum atomic E-state index is 4.39. The third-order valence-corrected chi connectivity index (χ3v) is 4.14. The third kappa shape index (κ3) is 3.10. The molecule has 2 heterocycles. The van der Waals surface area contributed by atoms with Crippen molar-refractivity contribution in [3.8, 4) is 0 Å². The number of nitrogens with zero attached hydrogens (tertiary/aromatic N) is 2. The van der Waals surface area contributed by atoms with Crippen molar-refractivity contribution >= 4 is 22.7 Å². The molecule has 0 amide bonds. The third-order valence-electron chi connectivity index (χ3n) is 2.21. The summed E-state index contributed by atoms with van der Waals surface area (Å²) in [6, 6.07) is 0. The highest BCUT2D eigenvalue weighted by Gasteiger charge is 2.05. The van der Waals surface area contributed by atoms with E-state index in [-0.39, 0.29) is 0 Å². The summed E-state index contributed by atoms with van der Waals surface area (Å²) in [5.74, 6) is 0.574. The van der Waals surface area contributed by atoms with Gasteiger partial charge in [-0.15, -0.1) is 22.7 Å². The number of thiazole rings is 2. The zero-order chi connectivity index (χ0) is 11.4. The minimum absolute atomic E-state index is 0.574. The summed E-state index contributed by atoms with van der Waals surface area (Å²) in [6.07, 6.45) is 1.98. The molecule has 0 aliphatic rings. The van der Waals surface area contributed by atoms with E-state index >= 15 is 0 Å². The molecule has 86 valence electrons. The van der Waals surface area contributed by atoms with Crippen LogP contribution >= 0.6 is 22.7 Å². The van der Waals surface area contributed by atoms with Gasteiger partial charge in [0, 0.05) is 29.5 Å². The van der Waals surface area contributed by atoms with Crippen molar-refractivity contribution in [1.82, 2.24) is 15.3 Å². The molecule has 0 bridgehead atoms. The van der Waals surface area contributed by atoms with E-state index in [2.05, 4.69) is 34.5 Å². The van der Waals surface area contributed by atoms with E-state index in [1.807, 2.05) is 11.7 Å². The molecule has 0 unspecified atom stereocenters. The van der Waals surface area contributed by atoms with Gasteiger partial charge in [0.15, 0.2) is 0 Å². The summed E-state index contributed by atoms with van der Waals surface area (Å²) < 4.78 is 0. The van der Waals surface area contributed by atoms with E-state index in [4.69, 9.17) is 0 Å². The molecule has 0 aromatic carbocycles. The molecule has 0 aliphatic carbocycles. The van der Waals surface area contributed by atoms with Crippen molar-refractivity contribution in [2.75, 3.05) is 0 Å². The Labute approximate surface area is 104 Å². The van der Waals surface area contributed by atoms with Crippen LogP contribution in [0.1, 0.15) is 35.3 Å². The average Bonchev–Trinajstić information content (AvgIpc) is 2.87. The molecule has 1 N–H and O–H groups in total. The molecule has 0 aliphatic heterocycles. The lowest BCUT2D eigenvalue weighted by atomic mass is 10.2. The second-order valence-corrected chi connectivity index (χ2v) is 5.76. The van der Waals surface area contributed by atoms with Crippen molar-refractivity contribution in [3.63, 3.8) is 0 Å². The Morgan fingerprint density at radius 3 is 2.81 bits per heavy atom. The normalized spacial score (nSPS) is 11.2. The van der Waals surface area contributed by atoms with Crippen LogP contribution in [-0.4, -0.2) is 9.97 Å². The number of rotatable bonds is 5. The highest BCUT2D eigenvalue weighted by Crippen LogP contribution is 2.21. The van der Waals surface area contributed by atoms with Gasteiger partial charge >= 0.3 is 0 Å². The van der Waals surface area contributed by atoms with Crippen molar-refractivity contribution in [3.05, 3.63) is 32.7 Å². The second-order valence-electron chi connectivity index (χ2n) is 3.89. The molecule has 16 heavy (non-hydrogen) atoms. The summed E-state index contributed by atoms with van der Waals surface area (Å²) in [5, 5.41) is 6.56. The van der Waals surface area contributed by atoms with Gasteiger partial charge in [-0.2, -0.15) is 0 Å². The lowest BCUT2D eigenvalue weighted by Gasteiger charge is -1.99. The Balaban J connectivity index is 1.81. The Morgan fingerprint density at radius 2 is 2.19 bits per heavy atom. The SMILES string of the molecule is CC(C)c1cnc(CNCc2cscn2)s1. The topological polar surface area (TPSA) is 37.8 Å². The van der Waals surface area contributed by atoms with Gasteiger partial charge < -0.3 is 5.32 Å². The van der Waals surface area contributed by atoms with Gasteiger partial charge in [-0.25, -0.2) is 9.97 Å². The number of nitrogens with one attached hydrogen (secondary N) is 1. The Bertz CT molecular complexity index is 420. The highest BCUT2D eigenvalue weighted by molar-refractivity contribution is 7.11. The van der Waals surface area contributed by atoms with Crippen LogP contribution in [0, 0.1) is 0 Å². The van der Waals surface area contributed by atoms with Crippen molar-refractivity contribution in [2.45, 2.75) is 32.9 Å². The molecule has 3 nitrogen and oxygen atoms in total. The predicted octanol–water partition coefficient (Wildman–Crippen LogP) is 3.01. The second kappa shape index (κ2) is 5.52. The molecular formula is C11H15N3S2. The van der Waals surface area contributed by atoms with Crippen molar-refractivity contribution in [1.29, 1.82) is 0 Å². The summed E-state index contributed by atoms with van der Waals surface area (Å²) in [5.41, 5.74) is 2.96. The fraction of sp³-hybridized carbons (Fsp3) is 0.455. The maximum absolute atomic E-state index is 4.39. The molecule has 0 atom stereocenters. The van der Waals surface area contributed by atoms with Crippen molar-refractivity contribution < 1.29 is 0 Å². The van der Waals surface area contributed by atoms with E-state index in [9.17, 15) is 0 Å². The monoisotopic (exact) mass is 253 g/mol. The van der Waals surface area contributed by atoms with Crippen LogP contribution in [-0.2, 0) is 13.1 Å². The zero-order valence-corrected chi connectivity index (χ0v) is 11.1. The van der Waals surface area contributed by atoms with Gasteiger partial charge in [0.2, 0.25) is 0 Å². The molecule has 0 saturated heterocycles. The number of hydrogen-bond donors (Lipinski definition) is 1. The number of aromatic nitrogens is 2. The molecule has 0 radical (unpaired) electrons. The average molecular weight is 253 g/mol. The van der Waals surface area contributed by atoms with Gasteiger partial charge in [-0.05, 0) is 5.92 Å². The van der Waals surface area contributed by atoms with E-state index in [0.717, 1.165) is 23.8 Å². The van der Waals surface area contributed by atoms with Crippen LogP contribution in [0.2, 0.25) is 0 Å². The zero-order valence-electron chi connectivity index (χ0n) is 9.43. The molecule has 0 fully saturated rings. The van der Waals surface area contributed by atoms with Crippen LogP contribution in [0.4, 0.5) is 0 Å². The fourth-order valence-corrected chi connectivity index (χ4v) is 2.75. The smallest absolute Gasteiger partial charge is 0.107 e. The van der Waals surface area contributed by atoms with Gasteiger partial charge in [0.05, 0.1) is 11.2 Å². The minimum Gasteiger partial charge on any atom is -0.305 e. The molecular weight excluding hydrogens is 238 g/mol. The standard InChI is InChI=1S/C11H15N3S2/c1-8(2)10-4-13-11(16-10)5-12-3-9-6-15-7-14-9/h4,6-8,12H,3,5H2,1-2H3. The van der Waals surface area contributed by atoms with Crippen molar-refractivity contribution in [2.24, 2.45) is 0 Å². The summed E-state index contributed by atoms with van der Waals surface area (Å²) in [4.78, 5) is 9.97. The van der Waals surface area contributed by atoms with E-state index in [0.29, 0.717) is 5.92 Å². The first-order valence-electron chi connectivity index (χ1n) is 5.28. The number of hydrogen-bond acceptors (Lipinski definition) is 5. The lowest BCUT2D eigenvalue weighted by molar-refractivity contribution is 0.679. The predicted molar refractivity (Wildman–Crippen MR) is 68.9 cm³/mol. The van der Waals surface area contributed by atoms with E-state index < -0.39 is 0 Å². The van der Waals surface area contributed by atoms with E-state index in [1.165, 1.54) is 4.88 Å². The molecule has 2 rings (SSSR count). The Hall–Kier alpha value is -0.780. The van der Waals surface area contributed by atoms with Gasteiger partial charge in [-0.3, -0.25) is 0 Å². The van der Waals surface area contributed by atoms with Gasteiger partial charge in [0.1, 0.15) is 5.01 Å². The Kier molecular flexibility index (Phi) is 4.04. The molecule has 5 heteroatoms. The summed E-state index contributed by atoms with van der Waals surface area (Å²) in [7, 11) is 0. The first-order chi connectivity index (χ1) is 7.75. The minimum atomic E-state index is 0.574. The van der Waals surface area contributed by atoms with Gasteiger partial charge in [-0.1, -0.05) is 13.8 Å².